The monoisotopic (exact) mass is 369 g/mol. The second-order valence-electron chi connectivity index (χ2n) is 5.73. The van der Waals surface area contributed by atoms with Crippen LogP contribution in [0.2, 0.25) is 0 Å². The molecule has 1 aliphatic heterocycles. The molecule has 0 radical (unpaired) electrons. The summed E-state index contributed by atoms with van der Waals surface area (Å²) >= 11 is 1.37. The number of thiazole rings is 1. The van der Waals surface area contributed by atoms with Crippen molar-refractivity contribution in [2.24, 2.45) is 5.73 Å². The summed E-state index contributed by atoms with van der Waals surface area (Å²) in [6.07, 6.45) is 1.47. The Labute approximate surface area is 150 Å². The highest BCUT2D eigenvalue weighted by Gasteiger charge is 2.28. The molecule has 0 bridgehead atoms. The van der Waals surface area contributed by atoms with Crippen molar-refractivity contribution in [2.75, 3.05) is 12.1 Å². The molecule has 0 fully saturated rings. The normalized spacial score (nSPS) is 14.6. The van der Waals surface area contributed by atoms with Crippen molar-refractivity contribution in [1.82, 2.24) is 4.98 Å². The number of rotatable bonds is 5. The number of carbonyl (C=O) groups excluding carboxylic acids is 1. The predicted octanol–water partition coefficient (Wildman–Crippen LogP) is 3.42. The van der Waals surface area contributed by atoms with Gasteiger partial charge in [0.2, 0.25) is 12.7 Å². The van der Waals surface area contributed by atoms with Gasteiger partial charge in [0.25, 0.3) is 0 Å². The molecule has 8 heteroatoms. The standard InChI is InChI=1S/C16H19N3O3S.ClH/c1-3-6-16(2,17)14(20)19-15-18-11(8-23-15)10-4-5-12-13(7-10)22-9-21-12;/h4-5,7-8H,3,6,9,17H2,1-2H3,(H,18,19,20);1H. The molecule has 1 amide bonds. The van der Waals surface area contributed by atoms with E-state index in [1.807, 2.05) is 30.5 Å². The van der Waals surface area contributed by atoms with E-state index >= 15 is 0 Å². The number of aromatic nitrogens is 1. The molecular formula is C16H20ClN3O3S. The number of nitrogens with zero attached hydrogens (tertiary/aromatic N) is 1. The largest absolute Gasteiger partial charge is 0.454 e. The van der Waals surface area contributed by atoms with Crippen LogP contribution in [0.5, 0.6) is 11.5 Å². The van der Waals surface area contributed by atoms with Gasteiger partial charge in [-0.15, -0.1) is 23.7 Å². The number of halogens is 1. The zero-order chi connectivity index (χ0) is 16.4. The fourth-order valence-electron chi connectivity index (χ4n) is 2.39. The van der Waals surface area contributed by atoms with E-state index in [1.54, 1.807) is 6.92 Å². The zero-order valence-corrected chi connectivity index (χ0v) is 15.1. The summed E-state index contributed by atoms with van der Waals surface area (Å²) in [5, 5.41) is 5.22. The smallest absolute Gasteiger partial charge is 0.245 e. The van der Waals surface area contributed by atoms with Gasteiger partial charge in [0.05, 0.1) is 11.2 Å². The lowest BCUT2D eigenvalue weighted by atomic mass is 9.97. The Morgan fingerprint density at radius 2 is 2.17 bits per heavy atom. The minimum Gasteiger partial charge on any atom is -0.454 e. The minimum atomic E-state index is -0.890. The summed E-state index contributed by atoms with van der Waals surface area (Å²) in [5.41, 5.74) is 6.83. The van der Waals surface area contributed by atoms with E-state index in [0.717, 1.165) is 23.4 Å². The molecule has 1 aromatic carbocycles. The summed E-state index contributed by atoms with van der Waals surface area (Å²) in [7, 11) is 0. The van der Waals surface area contributed by atoms with Crippen LogP contribution >= 0.6 is 23.7 Å². The first kappa shape index (κ1) is 18.5. The summed E-state index contributed by atoms with van der Waals surface area (Å²) in [6, 6.07) is 5.65. The van der Waals surface area contributed by atoms with Gasteiger partial charge in [-0.1, -0.05) is 13.3 Å². The van der Waals surface area contributed by atoms with Gasteiger partial charge in [0.1, 0.15) is 0 Å². The van der Waals surface area contributed by atoms with Crippen LogP contribution in [0.25, 0.3) is 11.3 Å². The van der Waals surface area contributed by atoms with Gasteiger partial charge in [-0.2, -0.15) is 0 Å². The maximum Gasteiger partial charge on any atom is 0.245 e. The fourth-order valence-corrected chi connectivity index (χ4v) is 3.11. The third kappa shape index (κ3) is 3.80. The predicted molar refractivity (Wildman–Crippen MR) is 97.1 cm³/mol. The number of anilines is 1. The quantitative estimate of drug-likeness (QED) is 0.843. The summed E-state index contributed by atoms with van der Waals surface area (Å²) in [6.45, 7) is 3.97. The first-order chi connectivity index (χ1) is 11.0. The summed E-state index contributed by atoms with van der Waals surface area (Å²) in [5.74, 6) is 1.22. The van der Waals surface area contributed by atoms with Crippen molar-refractivity contribution < 1.29 is 14.3 Å². The second-order valence-corrected chi connectivity index (χ2v) is 6.59. The van der Waals surface area contributed by atoms with Crippen molar-refractivity contribution >= 4 is 34.8 Å². The number of hydrogen-bond acceptors (Lipinski definition) is 6. The van der Waals surface area contributed by atoms with Crippen LogP contribution in [-0.4, -0.2) is 23.2 Å². The van der Waals surface area contributed by atoms with Crippen LogP contribution < -0.4 is 20.5 Å². The summed E-state index contributed by atoms with van der Waals surface area (Å²) < 4.78 is 10.7. The number of fused-ring (bicyclic) bond motifs is 1. The Kier molecular flexibility index (Phi) is 5.69. The molecule has 2 aromatic rings. The highest BCUT2D eigenvalue weighted by Crippen LogP contribution is 2.36. The van der Waals surface area contributed by atoms with Crippen molar-refractivity contribution in [1.29, 1.82) is 0 Å². The van der Waals surface area contributed by atoms with Gasteiger partial charge >= 0.3 is 0 Å². The Morgan fingerprint density at radius 3 is 2.92 bits per heavy atom. The molecule has 1 aliphatic rings. The maximum absolute atomic E-state index is 12.2. The van der Waals surface area contributed by atoms with E-state index in [1.165, 1.54) is 11.3 Å². The van der Waals surface area contributed by atoms with Gasteiger partial charge < -0.3 is 20.5 Å². The molecule has 3 rings (SSSR count). The molecule has 6 nitrogen and oxygen atoms in total. The number of ether oxygens (including phenoxy) is 2. The van der Waals surface area contributed by atoms with Crippen LogP contribution in [0.1, 0.15) is 26.7 Å². The van der Waals surface area contributed by atoms with E-state index in [0.29, 0.717) is 17.3 Å². The Bertz CT molecular complexity index is 733. The highest BCUT2D eigenvalue weighted by atomic mass is 35.5. The van der Waals surface area contributed by atoms with E-state index < -0.39 is 5.54 Å². The van der Waals surface area contributed by atoms with Crippen LogP contribution in [0.4, 0.5) is 5.13 Å². The number of benzene rings is 1. The third-order valence-corrected chi connectivity index (χ3v) is 4.44. The minimum absolute atomic E-state index is 0. The topological polar surface area (TPSA) is 86.5 Å². The van der Waals surface area contributed by atoms with Crippen molar-refractivity contribution in [3.63, 3.8) is 0 Å². The number of amides is 1. The van der Waals surface area contributed by atoms with Gasteiger partial charge in [-0.05, 0) is 31.5 Å². The lowest BCUT2D eigenvalue weighted by Crippen LogP contribution is -2.48. The number of hydrogen-bond donors (Lipinski definition) is 2. The molecule has 0 saturated carbocycles. The molecule has 0 aliphatic carbocycles. The van der Waals surface area contributed by atoms with Crippen molar-refractivity contribution in [2.45, 2.75) is 32.2 Å². The number of nitrogens with two attached hydrogens (primary N) is 1. The molecular weight excluding hydrogens is 350 g/mol. The van der Waals surface area contributed by atoms with Gasteiger partial charge in [0, 0.05) is 10.9 Å². The van der Waals surface area contributed by atoms with Gasteiger partial charge in [-0.25, -0.2) is 4.98 Å². The SMILES string of the molecule is CCCC(C)(N)C(=O)Nc1nc(-c2ccc3c(c2)OCO3)cs1.Cl. The molecule has 1 unspecified atom stereocenters. The zero-order valence-electron chi connectivity index (χ0n) is 13.5. The highest BCUT2D eigenvalue weighted by molar-refractivity contribution is 7.14. The van der Waals surface area contributed by atoms with E-state index in [4.69, 9.17) is 15.2 Å². The molecule has 130 valence electrons. The average Bonchev–Trinajstić information content (AvgIpc) is 3.14. The van der Waals surface area contributed by atoms with Gasteiger partial charge in [0.15, 0.2) is 16.6 Å². The van der Waals surface area contributed by atoms with Crippen LogP contribution in [0.3, 0.4) is 0 Å². The van der Waals surface area contributed by atoms with Crippen LogP contribution in [0.15, 0.2) is 23.6 Å². The van der Waals surface area contributed by atoms with Gasteiger partial charge in [-0.3, -0.25) is 4.79 Å². The van der Waals surface area contributed by atoms with Crippen molar-refractivity contribution in [3.05, 3.63) is 23.6 Å². The Morgan fingerprint density at radius 1 is 1.42 bits per heavy atom. The molecule has 24 heavy (non-hydrogen) atoms. The molecule has 1 aromatic heterocycles. The van der Waals surface area contributed by atoms with E-state index in [-0.39, 0.29) is 25.1 Å². The molecule has 3 N–H and O–H groups in total. The van der Waals surface area contributed by atoms with Crippen molar-refractivity contribution in [3.8, 4) is 22.8 Å². The summed E-state index contributed by atoms with van der Waals surface area (Å²) in [4.78, 5) is 16.7. The molecule has 2 heterocycles. The Hall–Kier alpha value is -1.83. The maximum atomic E-state index is 12.2. The molecule has 0 spiro atoms. The first-order valence-corrected chi connectivity index (χ1v) is 8.33. The first-order valence-electron chi connectivity index (χ1n) is 7.45. The lowest BCUT2D eigenvalue weighted by molar-refractivity contribution is -0.120. The molecule has 1 atom stereocenters. The van der Waals surface area contributed by atoms with Crippen LogP contribution in [0, 0.1) is 0 Å². The number of carbonyl (C=O) groups is 1. The molecule has 0 saturated heterocycles. The third-order valence-electron chi connectivity index (χ3n) is 3.68. The van der Waals surface area contributed by atoms with E-state index in [2.05, 4.69) is 10.3 Å². The van der Waals surface area contributed by atoms with Crippen LogP contribution in [-0.2, 0) is 4.79 Å². The van der Waals surface area contributed by atoms with E-state index in [9.17, 15) is 4.79 Å². The fraction of sp³-hybridized carbons (Fsp3) is 0.375. The number of nitrogens with one attached hydrogen (secondary N) is 1. The average molecular weight is 370 g/mol. The second kappa shape index (κ2) is 7.38. The Balaban J connectivity index is 0.00000208. The lowest BCUT2D eigenvalue weighted by Gasteiger charge is -2.21.